The minimum Gasteiger partial charge on any atom is -1.00 e. The first-order valence-corrected chi connectivity index (χ1v) is 5.87. The van der Waals surface area contributed by atoms with E-state index in [0.29, 0.717) is 0 Å². The van der Waals surface area contributed by atoms with Crippen molar-refractivity contribution in [3.63, 3.8) is 0 Å². The second-order valence-corrected chi connectivity index (χ2v) is 4.68. The first-order valence-electron chi connectivity index (χ1n) is 5.87. The van der Waals surface area contributed by atoms with E-state index in [1.807, 2.05) is 31.4 Å². The van der Waals surface area contributed by atoms with Crippen LogP contribution >= 0.6 is 0 Å². The Hall–Kier alpha value is -0.830. The second-order valence-electron chi connectivity index (χ2n) is 4.68. The van der Waals surface area contributed by atoms with E-state index >= 15 is 0 Å². The summed E-state index contributed by atoms with van der Waals surface area (Å²) in [6.07, 6.45) is 7.62. The first kappa shape index (κ1) is 22.4. The molecular weight excluding hydrogens is 244 g/mol. The number of likely N-dealkylation sites (N-methyl/N-ethyl adjacent to an activating group) is 2. The van der Waals surface area contributed by atoms with Gasteiger partial charge in [-0.05, 0) is 19.2 Å². The van der Waals surface area contributed by atoms with Gasteiger partial charge in [0.1, 0.15) is 0 Å². The van der Waals surface area contributed by atoms with Gasteiger partial charge in [-0.1, -0.05) is 25.3 Å². The summed E-state index contributed by atoms with van der Waals surface area (Å²) in [4.78, 5) is 2.12. The topological polar surface area (TPSA) is 3.24 Å². The summed E-state index contributed by atoms with van der Waals surface area (Å²) >= 11 is 0. The summed E-state index contributed by atoms with van der Waals surface area (Å²) in [6.45, 7) is 18.5. The quantitative estimate of drug-likeness (QED) is 0.434. The molecule has 0 aromatic carbocycles. The summed E-state index contributed by atoms with van der Waals surface area (Å²) < 4.78 is 0.951. The number of halogens is 1. The highest BCUT2D eigenvalue weighted by molar-refractivity contribution is 4.77. The SMILES string of the molecule is C=CCN(C)CC=C.C=CC[N+](C)(C)CC=C.[Cl-]. The molecule has 0 N–H and O–H groups in total. The number of quaternary nitrogens is 1. The first-order chi connectivity index (χ1) is 7.93. The largest absolute Gasteiger partial charge is 1.00 e. The Bertz CT molecular complexity index is 213. The summed E-state index contributed by atoms with van der Waals surface area (Å²) in [5.74, 6) is 0. The monoisotopic (exact) mass is 272 g/mol. The van der Waals surface area contributed by atoms with E-state index in [-0.39, 0.29) is 12.4 Å². The molecule has 0 unspecified atom stereocenters. The zero-order valence-electron chi connectivity index (χ0n) is 12.2. The molecule has 3 heteroatoms. The van der Waals surface area contributed by atoms with Gasteiger partial charge < -0.3 is 16.9 Å². The third-order valence-corrected chi connectivity index (χ3v) is 2.13. The van der Waals surface area contributed by atoms with Crippen molar-refractivity contribution in [3.05, 3.63) is 50.6 Å². The molecule has 0 radical (unpaired) electrons. The highest BCUT2D eigenvalue weighted by Crippen LogP contribution is 1.95. The highest BCUT2D eigenvalue weighted by Gasteiger charge is 2.07. The van der Waals surface area contributed by atoms with Crippen molar-refractivity contribution in [2.24, 2.45) is 0 Å². The fourth-order valence-corrected chi connectivity index (χ4v) is 1.29. The van der Waals surface area contributed by atoms with Crippen LogP contribution in [0, 0.1) is 0 Å². The molecule has 0 aromatic heterocycles. The van der Waals surface area contributed by atoms with Crippen LogP contribution in [0.25, 0.3) is 0 Å². The maximum atomic E-state index is 3.68. The third kappa shape index (κ3) is 17.6. The Morgan fingerprint density at radius 1 is 0.833 bits per heavy atom. The number of hydrogen-bond acceptors (Lipinski definition) is 1. The predicted octanol–water partition coefficient (Wildman–Crippen LogP) is -0.271. The molecule has 0 fully saturated rings. The van der Waals surface area contributed by atoms with Crippen LogP contribution in [0.2, 0.25) is 0 Å². The zero-order chi connectivity index (χ0) is 13.7. The summed E-state index contributed by atoms with van der Waals surface area (Å²) in [5, 5.41) is 0. The molecule has 0 saturated heterocycles. The van der Waals surface area contributed by atoms with Crippen molar-refractivity contribution >= 4 is 0 Å². The van der Waals surface area contributed by atoms with Gasteiger partial charge in [0.25, 0.3) is 0 Å². The Kier molecular flexibility index (Phi) is 17.7. The van der Waals surface area contributed by atoms with E-state index in [9.17, 15) is 0 Å². The van der Waals surface area contributed by atoms with E-state index in [1.54, 1.807) is 0 Å². The van der Waals surface area contributed by atoms with Gasteiger partial charge in [0.15, 0.2) is 0 Å². The maximum Gasteiger partial charge on any atom is 0.0969 e. The molecule has 2 nitrogen and oxygen atoms in total. The molecule has 0 spiro atoms. The smallest absolute Gasteiger partial charge is 0.0969 e. The lowest BCUT2D eigenvalue weighted by Gasteiger charge is -2.26. The molecule has 0 aliphatic rings. The van der Waals surface area contributed by atoms with Crippen LogP contribution in [-0.4, -0.2) is 56.7 Å². The molecule has 18 heavy (non-hydrogen) atoms. The minimum atomic E-state index is 0. The maximum absolute atomic E-state index is 3.68. The van der Waals surface area contributed by atoms with E-state index in [1.165, 1.54) is 0 Å². The number of hydrogen-bond donors (Lipinski definition) is 0. The number of nitrogens with zero attached hydrogens (tertiary/aromatic N) is 2. The van der Waals surface area contributed by atoms with Crippen molar-refractivity contribution in [1.82, 2.24) is 4.90 Å². The van der Waals surface area contributed by atoms with Crippen molar-refractivity contribution in [2.45, 2.75) is 0 Å². The predicted molar refractivity (Wildman–Crippen MR) is 80.1 cm³/mol. The number of rotatable bonds is 8. The molecule has 0 amide bonds. The van der Waals surface area contributed by atoms with E-state index < -0.39 is 0 Å². The Labute approximate surface area is 120 Å². The average molecular weight is 273 g/mol. The van der Waals surface area contributed by atoms with Crippen LogP contribution in [0.5, 0.6) is 0 Å². The fraction of sp³-hybridized carbons (Fsp3) is 0.467. The molecule has 0 aromatic rings. The van der Waals surface area contributed by atoms with Crippen LogP contribution < -0.4 is 12.4 Å². The second kappa shape index (κ2) is 14.2. The molecule has 0 rings (SSSR count). The molecule has 0 saturated carbocycles. The van der Waals surface area contributed by atoms with Crippen molar-refractivity contribution in [2.75, 3.05) is 47.3 Å². The van der Waals surface area contributed by atoms with Crippen LogP contribution in [0.3, 0.4) is 0 Å². The van der Waals surface area contributed by atoms with Crippen LogP contribution in [0.4, 0.5) is 0 Å². The van der Waals surface area contributed by atoms with Gasteiger partial charge in [-0.15, -0.1) is 13.2 Å². The van der Waals surface area contributed by atoms with Crippen LogP contribution in [0.15, 0.2) is 50.6 Å². The molecule has 0 atom stereocenters. The minimum absolute atomic E-state index is 0. The van der Waals surface area contributed by atoms with Gasteiger partial charge in [-0.25, -0.2) is 0 Å². The highest BCUT2D eigenvalue weighted by atomic mass is 35.5. The average Bonchev–Trinajstić information content (AvgIpc) is 2.18. The third-order valence-electron chi connectivity index (χ3n) is 2.13. The van der Waals surface area contributed by atoms with E-state index in [4.69, 9.17) is 0 Å². The Morgan fingerprint density at radius 3 is 1.39 bits per heavy atom. The fourth-order valence-electron chi connectivity index (χ4n) is 1.29. The summed E-state index contributed by atoms with van der Waals surface area (Å²) in [6, 6.07) is 0. The lowest BCUT2D eigenvalue weighted by Crippen LogP contribution is -3.00. The summed E-state index contributed by atoms with van der Waals surface area (Å²) in [7, 11) is 6.34. The van der Waals surface area contributed by atoms with Gasteiger partial charge in [-0.2, -0.15) is 0 Å². The standard InChI is InChI=1S/C8H16N.C7H13N.ClH/c1-5-7-9(3,4)8-6-2;1-4-6-8(3)7-5-2;/h5-6H,1-2,7-8H2,3-4H3;4-5H,1-2,6-7H2,3H3;1H/q+1;;/p-1. The van der Waals surface area contributed by atoms with Crippen molar-refractivity contribution < 1.29 is 16.9 Å². The molecular formula is C15H29ClN2. The normalized spacial score (nSPS) is 9.56. The zero-order valence-corrected chi connectivity index (χ0v) is 13.0. The molecule has 0 aliphatic heterocycles. The van der Waals surface area contributed by atoms with Gasteiger partial charge in [0, 0.05) is 13.1 Å². The molecule has 0 aliphatic carbocycles. The van der Waals surface area contributed by atoms with Gasteiger partial charge in [-0.3, -0.25) is 4.90 Å². The lowest BCUT2D eigenvalue weighted by atomic mass is 10.4. The van der Waals surface area contributed by atoms with Gasteiger partial charge in [0.05, 0.1) is 27.2 Å². The lowest BCUT2D eigenvalue weighted by molar-refractivity contribution is -0.878. The molecule has 0 bridgehead atoms. The van der Waals surface area contributed by atoms with Crippen molar-refractivity contribution in [1.29, 1.82) is 0 Å². The molecule has 106 valence electrons. The van der Waals surface area contributed by atoms with Gasteiger partial charge >= 0.3 is 0 Å². The Balaban J connectivity index is -0.000000238. The van der Waals surface area contributed by atoms with Crippen molar-refractivity contribution in [3.8, 4) is 0 Å². The molecule has 0 heterocycles. The Morgan fingerprint density at radius 2 is 1.17 bits per heavy atom. The van der Waals surface area contributed by atoms with E-state index in [2.05, 4.69) is 45.3 Å². The van der Waals surface area contributed by atoms with E-state index in [0.717, 1.165) is 30.7 Å². The summed E-state index contributed by atoms with van der Waals surface area (Å²) in [5.41, 5.74) is 0. The van der Waals surface area contributed by atoms with Gasteiger partial charge in [0.2, 0.25) is 0 Å². The van der Waals surface area contributed by atoms with Crippen LogP contribution in [0.1, 0.15) is 0 Å². The van der Waals surface area contributed by atoms with Crippen LogP contribution in [-0.2, 0) is 0 Å².